The molecule has 0 bridgehead atoms. The van der Waals surface area contributed by atoms with Crippen molar-refractivity contribution in [3.63, 3.8) is 0 Å². The molecule has 3 aromatic rings. The van der Waals surface area contributed by atoms with Crippen molar-refractivity contribution in [3.05, 3.63) is 70.4 Å². The third-order valence-electron chi connectivity index (χ3n) is 5.76. The smallest absolute Gasteiger partial charge is 0.338 e. The number of aryl methyl sites for hydroxylation is 3. The predicted molar refractivity (Wildman–Crippen MR) is 113 cm³/mol. The number of nitrogens with one attached hydrogen (secondary N) is 1. The van der Waals surface area contributed by atoms with Crippen molar-refractivity contribution >= 4 is 22.8 Å². The molecule has 1 aromatic heterocycles. The fourth-order valence-corrected chi connectivity index (χ4v) is 3.98. The number of amides is 1. The van der Waals surface area contributed by atoms with Crippen molar-refractivity contribution in [2.75, 3.05) is 13.7 Å². The quantitative estimate of drug-likeness (QED) is 0.665. The maximum Gasteiger partial charge on any atom is 0.338 e. The highest BCUT2D eigenvalue weighted by molar-refractivity contribution is 5.97. The number of aromatic amines is 1. The number of esters is 1. The number of aromatic nitrogens is 1. The molecule has 1 aliphatic carbocycles. The van der Waals surface area contributed by atoms with Gasteiger partial charge in [-0.05, 0) is 67.5 Å². The number of fused-ring (bicyclic) bond motifs is 3. The molecule has 0 fully saturated rings. The molecule has 0 spiro atoms. The number of H-pyrrole nitrogens is 1. The third kappa shape index (κ3) is 4.04. The summed E-state index contributed by atoms with van der Waals surface area (Å²) in [5, 5.41) is 1.09. The van der Waals surface area contributed by atoms with E-state index in [1.54, 1.807) is 18.0 Å². The molecule has 1 heterocycles. The van der Waals surface area contributed by atoms with Gasteiger partial charge in [0.05, 0.1) is 5.56 Å². The van der Waals surface area contributed by atoms with Crippen LogP contribution < -0.4 is 0 Å². The van der Waals surface area contributed by atoms with Gasteiger partial charge < -0.3 is 14.6 Å². The first-order chi connectivity index (χ1) is 14.0. The lowest BCUT2D eigenvalue weighted by Crippen LogP contribution is -2.31. The molecule has 0 saturated heterocycles. The van der Waals surface area contributed by atoms with Crippen LogP contribution in [0.25, 0.3) is 10.9 Å². The normalized spacial score (nSPS) is 13.2. The maximum atomic E-state index is 12.5. The summed E-state index contributed by atoms with van der Waals surface area (Å²) in [6, 6.07) is 13.5. The van der Waals surface area contributed by atoms with E-state index in [2.05, 4.69) is 4.98 Å². The average Bonchev–Trinajstić information content (AvgIpc) is 3.11. The van der Waals surface area contributed by atoms with Crippen molar-refractivity contribution in [1.82, 2.24) is 9.88 Å². The average molecular weight is 390 g/mol. The Morgan fingerprint density at radius 2 is 1.90 bits per heavy atom. The number of hydrogen-bond donors (Lipinski definition) is 1. The highest BCUT2D eigenvalue weighted by Gasteiger charge is 2.18. The number of benzene rings is 2. The summed E-state index contributed by atoms with van der Waals surface area (Å²) < 4.78 is 5.31. The summed E-state index contributed by atoms with van der Waals surface area (Å²) >= 11 is 0. The number of nitrogens with zero attached hydrogens (tertiary/aromatic N) is 1. The van der Waals surface area contributed by atoms with Crippen LogP contribution in [0.2, 0.25) is 0 Å². The van der Waals surface area contributed by atoms with E-state index >= 15 is 0 Å². The Bertz CT molecular complexity index is 1070. The monoisotopic (exact) mass is 390 g/mol. The van der Waals surface area contributed by atoms with Gasteiger partial charge in [0.2, 0.25) is 0 Å². The lowest BCUT2D eigenvalue weighted by atomic mass is 9.95. The number of rotatable bonds is 5. The number of hydrogen-bond acceptors (Lipinski definition) is 3. The highest BCUT2D eigenvalue weighted by Crippen LogP contribution is 2.29. The van der Waals surface area contributed by atoms with Crippen molar-refractivity contribution in [2.24, 2.45) is 0 Å². The molecule has 5 heteroatoms. The fraction of sp³-hybridized carbons (Fsp3) is 0.333. The number of carbonyl (C=O) groups is 2. The zero-order valence-electron chi connectivity index (χ0n) is 17.0. The van der Waals surface area contributed by atoms with E-state index in [4.69, 9.17) is 4.74 Å². The van der Waals surface area contributed by atoms with Crippen LogP contribution in [-0.4, -0.2) is 35.4 Å². The molecule has 1 N–H and O–H groups in total. The van der Waals surface area contributed by atoms with E-state index in [1.807, 2.05) is 43.3 Å². The van der Waals surface area contributed by atoms with Crippen LogP contribution in [0.4, 0.5) is 0 Å². The van der Waals surface area contributed by atoms with Crippen molar-refractivity contribution in [2.45, 2.75) is 39.2 Å². The lowest BCUT2D eigenvalue weighted by Gasteiger charge is -2.18. The minimum absolute atomic E-state index is 0.221. The zero-order chi connectivity index (χ0) is 20.4. The molecule has 0 atom stereocenters. The van der Waals surface area contributed by atoms with Gasteiger partial charge in [-0.3, -0.25) is 4.79 Å². The Morgan fingerprint density at radius 1 is 1.10 bits per heavy atom. The number of carbonyl (C=O) groups excluding carboxylic acids is 2. The fourth-order valence-electron chi connectivity index (χ4n) is 3.98. The summed E-state index contributed by atoms with van der Waals surface area (Å²) in [7, 11) is 1.72. The van der Waals surface area contributed by atoms with Crippen LogP contribution in [0.5, 0.6) is 0 Å². The Hall–Kier alpha value is -3.08. The van der Waals surface area contributed by atoms with E-state index < -0.39 is 5.97 Å². The molecule has 29 heavy (non-hydrogen) atoms. The topological polar surface area (TPSA) is 62.4 Å². The standard InChI is InChI=1S/C24H26N2O3/c1-16-7-3-4-8-18(16)14-26(2)23(27)15-29-24(28)17-11-12-22-20(13-17)19-9-5-6-10-21(19)25-22/h3-4,7-8,11-13,25H,5-6,9-10,14-15H2,1-2H3. The van der Waals surface area contributed by atoms with Crippen LogP contribution in [0, 0.1) is 6.92 Å². The van der Waals surface area contributed by atoms with Crippen molar-refractivity contribution in [3.8, 4) is 0 Å². The van der Waals surface area contributed by atoms with Crippen LogP contribution in [-0.2, 0) is 28.9 Å². The Balaban J connectivity index is 1.40. The SMILES string of the molecule is Cc1ccccc1CN(C)C(=O)COC(=O)c1ccc2[nH]c3c(c2c1)CCCC3. The minimum atomic E-state index is -0.463. The minimum Gasteiger partial charge on any atom is -0.452 e. The van der Waals surface area contributed by atoms with Crippen molar-refractivity contribution < 1.29 is 14.3 Å². The van der Waals surface area contributed by atoms with Gasteiger partial charge in [0.25, 0.3) is 5.91 Å². The van der Waals surface area contributed by atoms with Gasteiger partial charge in [-0.25, -0.2) is 4.79 Å². The second kappa shape index (κ2) is 8.11. The van der Waals surface area contributed by atoms with Crippen LogP contribution in [0.1, 0.15) is 45.6 Å². The Kier molecular flexibility index (Phi) is 5.38. The van der Waals surface area contributed by atoms with E-state index in [0.717, 1.165) is 34.9 Å². The number of ether oxygens (including phenoxy) is 1. The van der Waals surface area contributed by atoms with Crippen LogP contribution in [0.15, 0.2) is 42.5 Å². The molecule has 0 aliphatic heterocycles. The third-order valence-corrected chi connectivity index (χ3v) is 5.76. The van der Waals surface area contributed by atoms with E-state index in [9.17, 15) is 9.59 Å². The molecule has 0 saturated carbocycles. The van der Waals surface area contributed by atoms with Gasteiger partial charge >= 0.3 is 5.97 Å². The first-order valence-electron chi connectivity index (χ1n) is 10.1. The molecule has 2 aromatic carbocycles. The Labute approximate surface area is 170 Å². The van der Waals surface area contributed by atoms with Gasteiger partial charge in [0.1, 0.15) is 0 Å². The van der Waals surface area contributed by atoms with E-state index in [-0.39, 0.29) is 12.5 Å². The predicted octanol–water partition coefficient (Wildman–Crippen LogP) is 4.17. The molecule has 1 aliphatic rings. The van der Waals surface area contributed by atoms with Crippen molar-refractivity contribution in [1.29, 1.82) is 0 Å². The van der Waals surface area contributed by atoms with Gasteiger partial charge in [-0.1, -0.05) is 24.3 Å². The number of likely N-dealkylation sites (N-methyl/N-ethyl adjacent to an activating group) is 1. The molecule has 0 radical (unpaired) electrons. The van der Waals surface area contributed by atoms with Gasteiger partial charge in [-0.15, -0.1) is 0 Å². The second-order valence-corrected chi connectivity index (χ2v) is 7.80. The van der Waals surface area contributed by atoms with E-state index in [0.29, 0.717) is 12.1 Å². The molecular formula is C24H26N2O3. The summed E-state index contributed by atoms with van der Waals surface area (Å²) in [6.07, 6.45) is 4.48. The van der Waals surface area contributed by atoms with Crippen LogP contribution >= 0.6 is 0 Å². The van der Waals surface area contributed by atoms with Gasteiger partial charge in [0, 0.05) is 30.2 Å². The summed E-state index contributed by atoms with van der Waals surface area (Å²) in [4.78, 5) is 30.0. The molecule has 4 rings (SSSR count). The maximum absolute atomic E-state index is 12.5. The summed E-state index contributed by atoms with van der Waals surface area (Å²) in [5.41, 5.74) is 6.35. The molecule has 5 nitrogen and oxygen atoms in total. The first-order valence-corrected chi connectivity index (χ1v) is 10.1. The molecule has 0 unspecified atom stereocenters. The van der Waals surface area contributed by atoms with Gasteiger partial charge in [-0.2, -0.15) is 0 Å². The lowest BCUT2D eigenvalue weighted by molar-refractivity contribution is -0.133. The largest absolute Gasteiger partial charge is 0.452 e. The zero-order valence-corrected chi connectivity index (χ0v) is 17.0. The summed E-state index contributed by atoms with van der Waals surface area (Å²) in [6.45, 7) is 2.25. The van der Waals surface area contributed by atoms with E-state index in [1.165, 1.54) is 24.1 Å². The Morgan fingerprint density at radius 3 is 2.72 bits per heavy atom. The second-order valence-electron chi connectivity index (χ2n) is 7.80. The highest BCUT2D eigenvalue weighted by atomic mass is 16.5. The molecular weight excluding hydrogens is 364 g/mol. The first kappa shape index (κ1) is 19.2. The van der Waals surface area contributed by atoms with Gasteiger partial charge in [0.15, 0.2) is 6.61 Å². The molecule has 150 valence electrons. The summed E-state index contributed by atoms with van der Waals surface area (Å²) in [5.74, 6) is -0.683. The molecule has 1 amide bonds. The van der Waals surface area contributed by atoms with Crippen LogP contribution in [0.3, 0.4) is 0 Å².